The largest absolute Gasteiger partial charge is 0.338 e. The summed E-state index contributed by atoms with van der Waals surface area (Å²) in [5, 5.41) is 3.23. The molecule has 0 aromatic heterocycles. The van der Waals surface area contributed by atoms with Gasteiger partial charge in [0.15, 0.2) is 0 Å². The van der Waals surface area contributed by atoms with Crippen molar-refractivity contribution in [1.82, 2.24) is 10.2 Å². The van der Waals surface area contributed by atoms with Gasteiger partial charge in [-0.25, -0.2) is 0 Å². The lowest BCUT2D eigenvalue weighted by Crippen LogP contribution is -2.42. The van der Waals surface area contributed by atoms with E-state index in [-0.39, 0.29) is 18.3 Å². The van der Waals surface area contributed by atoms with Gasteiger partial charge in [-0.15, -0.1) is 24.2 Å². The lowest BCUT2D eigenvalue weighted by molar-refractivity contribution is 0.0674. The molecular weight excluding hydrogens is 364 g/mol. The summed E-state index contributed by atoms with van der Waals surface area (Å²) < 4.78 is 0. The summed E-state index contributed by atoms with van der Waals surface area (Å²) in [5.41, 5.74) is 2.05. The van der Waals surface area contributed by atoms with Crippen molar-refractivity contribution in [3.8, 4) is 0 Å². The Hall–Kier alpha value is -1.49. The van der Waals surface area contributed by atoms with Crippen LogP contribution in [-0.4, -0.2) is 37.5 Å². The first-order valence-corrected chi connectivity index (χ1v) is 9.95. The molecule has 1 amide bonds. The van der Waals surface area contributed by atoms with Crippen LogP contribution in [0, 0.1) is 5.92 Å². The molecular formula is C21H27ClN2OS. The Kier molecular flexibility index (Phi) is 8.49. The highest BCUT2D eigenvalue weighted by molar-refractivity contribution is 7.98. The van der Waals surface area contributed by atoms with Crippen LogP contribution in [0.1, 0.15) is 28.8 Å². The number of nitrogens with one attached hydrogen (secondary N) is 1. The fourth-order valence-corrected chi connectivity index (χ4v) is 4.19. The van der Waals surface area contributed by atoms with E-state index in [2.05, 4.69) is 41.7 Å². The standard InChI is InChI=1S/C21H26N2OS.ClH/c1-22-14-18-6-5-13-23(15-18)21(24)19-11-9-17(10-12-19)16-25-20-7-3-2-4-8-20;/h2-4,7-12,18,22H,5-6,13-16H2,1H3;1H. The second-order valence-corrected chi connectivity index (χ2v) is 7.66. The molecule has 5 heteroatoms. The second kappa shape index (κ2) is 10.6. The van der Waals surface area contributed by atoms with E-state index in [1.807, 2.05) is 41.9 Å². The molecule has 0 saturated carbocycles. The molecule has 1 N–H and O–H groups in total. The molecule has 0 bridgehead atoms. The second-order valence-electron chi connectivity index (χ2n) is 6.62. The van der Waals surface area contributed by atoms with Crippen molar-refractivity contribution < 1.29 is 4.79 Å². The van der Waals surface area contributed by atoms with Crippen molar-refractivity contribution in [3.63, 3.8) is 0 Å². The predicted octanol–water partition coefficient (Wildman–Crippen LogP) is 4.47. The number of benzene rings is 2. The number of carbonyl (C=O) groups excluding carboxylic acids is 1. The zero-order valence-corrected chi connectivity index (χ0v) is 16.8. The van der Waals surface area contributed by atoms with E-state index in [4.69, 9.17) is 0 Å². The number of amides is 1. The lowest BCUT2D eigenvalue weighted by atomic mass is 9.97. The predicted molar refractivity (Wildman–Crippen MR) is 112 cm³/mol. The van der Waals surface area contributed by atoms with Gasteiger partial charge in [0.25, 0.3) is 5.91 Å². The van der Waals surface area contributed by atoms with Crippen molar-refractivity contribution >= 4 is 30.1 Å². The minimum atomic E-state index is 0. The number of halogens is 1. The number of carbonyl (C=O) groups is 1. The summed E-state index contributed by atoms with van der Waals surface area (Å²) in [7, 11) is 1.98. The number of hydrogen-bond donors (Lipinski definition) is 1. The van der Waals surface area contributed by atoms with Crippen molar-refractivity contribution in [3.05, 3.63) is 65.7 Å². The first kappa shape index (κ1) is 20.8. The SMILES string of the molecule is CNCC1CCCN(C(=O)c2ccc(CSc3ccccc3)cc2)C1.Cl. The molecule has 1 heterocycles. The molecule has 0 aliphatic carbocycles. The van der Waals surface area contributed by atoms with Crippen molar-refractivity contribution in [2.75, 3.05) is 26.7 Å². The number of rotatable bonds is 6. The zero-order valence-electron chi connectivity index (χ0n) is 15.2. The van der Waals surface area contributed by atoms with Gasteiger partial charge < -0.3 is 10.2 Å². The van der Waals surface area contributed by atoms with Crippen LogP contribution in [0.5, 0.6) is 0 Å². The van der Waals surface area contributed by atoms with E-state index in [0.29, 0.717) is 5.92 Å². The van der Waals surface area contributed by atoms with Crippen molar-refractivity contribution in [1.29, 1.82) is 0 Å². The molecule has 3 nitrogen and oxygen atoms in total. The van der Waals surface area contributed by atoms with Crippen LogP contribution in [0.15, 0.2) is 59.5 Å². The van der Waals surface area contributed by atoms with E-state index < -0.39 is 0 Å². The highest BCUT2D eigenvalue weighted by Crippen LogP contribution is 2.23. The van der Waals surface area contributed by atoms with E-state index in [9.17, 15) is 4.79 Å². The van der Waals surface area contributed by atoms with Crippen LogP contribution < -0.4 is 5.32 Å². The Balaban J connectivity index is 0.00000243. The number of nitrogens with zero attached hydrogens (tertiary/aromatic N) is 1. The first-order chi connectivity index (χ1) is 12.3. The Bertz CT molecular complexity index is 676. The molecule has 140 valence electrons. The highest BCUT2D eigenvalue weighted by Gasteiger charge is 2.23. The molecule has 2 aromatic carbocycles. The maximum Gasteiger partial charge on any atom is 0.253 e. The lowest BCUT2D eigenvalue weighted by Gasteiger charge is -2.32. The van der Waals surface area contributed by atoms with Crippen LogP contribution >= 0.6 is 24.2 Å². The molecule has 1 unspecified atom stereocenters. The summed E-state index contributed by atoms with van der Waals surface area (Å²) in [5.74, 6) is 1.67. The third-order valence-electron chi connectivity index (χ3n) is 4.65. The van der Waals surface area contributed by atoms with Gasteiger partial charge in [-0.2, -0.15) is 0 Å². The Morgan fingerprint density at radius 2 is 1.88 bits per heavy atom. The fraction of sp³-hybridized carbons (Fsp3) is 0.381. The summed E-state index contributed by atoms with van der Waals surface area (Å²) in [6.45, 7) is 2.73. The molecule has 0 radical (unpaired) electrons. The fourth-order valence-electron chi connectivity index (χ4n) is 3.31. The molecule has 0 spiro atoms. The molecule has 1 atom stereocenters. The number of thioether (sulfide) groups is 1. The number of hydrogen-bond acceptors (Lipinski definition) is 3. The van der Waals surface area contributed by atoms with Crippen LogP contribution in [0.4, 0.5) is 0 Å². The van der Waals surface area contributed by atoms with Gasteiger partial charge in [-0.3, -0.25) is 4.79 Å². The van der Waals surface area contributed by atoms with Crippen LogP contribution in [0.25, 0.3) is 0 Å². The summed E-state index contributed by atoms with van der Waals surface area (Å²) >= 11 is 1.82. The van der Waals surface area contributed by atoms with Gasteiger partial charge >= 0.3 is 0 Å². The summed E-state index contributed by atoms with van der Waals surface area (Å²) in [6.07, 6.45) is 2.31. The highest BCUT2D eigenvalue weighted by atomic mass is 35.5. The molecule has 3 rings (SSSR count). The van der Waals surface area contributed by atoms with Gasteiger partial charge in [0.2, 0.25) is 0 Å². The maximum absolute atomic E-state index is 12.7. The normalized spacial score (nSPS) is 16.8. The third kappa shape index (κ3) is 5.76. The van der Waals surface area contributed by atoms with Gasteiger partial charge in [0.05, 0.1) is 0 Å². The Morgan fingerprint density at radius 1 is 1.15 bits per heavy atom. The topological polar surface area (TPSA) is 32.3 Å². The third-order valence-corrected chi connectivity index (χ3v) is 5.73. The van der Waals surface area contributed by atoms with E-state index in [1.54, 1.807) is 0 Å². The van der Waals surface area contributed by atoms with Crippen molar-refractivity contribution in [2.45, 2.75) is 23.5 Å². The minimum absolute atomic E-state index is 0. The Morgan fingerprint density at radius 3 is 2.58 bits per heavy atom. The van der Waals surface area contributed by atoms with E-state index in [0.717, 1.165) is 37.4 Å². The van der Waals surface area contributed by atoms with Crippen LogP contribution in [0.3, 0.4) is 0 Å². The van der Waals surface area contributed by atoms with E-state index in [1.165, 1.54) is 16.9 Å². The molecule has 26 heavy (non-hydrogen) atoms. The summed E-state index contributed by atoms with van der Waals surface area (Å²) in [4.78, 5) is 16.0. The average molecular weight is 391 g/mol. The number of likely N-dealkylation sites (tertiary alicyclic amines) is 1. The smallest absolute Gasteiger partial charge is 0.253 e. The molecule has 2 aromatic rings. The van der Waals surface area contributed by atoms with Gasteiger partial charge in [0, 0.05) is 29.3 Å². The monoisotopic (exact) mass is 390 g/mol. The van der Waals surface area contributed by atoms with E-state index >= 15 is 0 Å². The van der Waals surface area contributed by atoms with Crippen molar-refractivity contribution in [2.24, 2.45) is 5.92 Å². The number of piperidine rings is 1. The van der Waals surface area contributed by atoms with Crippen LogP contribution in [-0.2, 0) is 5.75 Å². The minimum Gasteiger partial charge on any atom is -0.338 e. The first-order valence-electron chi connectivity index (χ1n) is 8.97. The summed E-state index contributed by atoms with van der Waals surface area (Å²) in [6, 6.07) is 18.5. The quantitative estimate of drug-likeness (QED) is 0.738. The van der Waals surface area contributed by atoms with Gasteiger partial charge in [0.1, 0.15) is 0 Å². The Labute approximate surface area is 167 Å². The average Bonchev–Trinajstić information content (AvgIpc) is 2.67. The molecule has 1 aliphatic rings. The van der Waals surface area contributed by atoms with Gasteiger partial charge in [-0.05, 0) is 62.2 Å². The molecule has 1 saturated heterocycles. The van der Waals surface area contributed by atoms with Crippen LogP contribution in [0.2, 0.25) is 0 Å². The molecule has 1 aliphatic heterocycles. The molecule has 1 fully saturated rings. The van der Waals surface area contributed by atoms with Gasteiger partial charge in [-0.1, -0.05) is 30.3 Å². The zero-order chi connectivity index (χ0) is 17.5. The maximum atomic E-state index is 12.7.